The van der Waals surface area contributed by atoms with Crippen LogP contribution >= 0.6 is 23.2 Å². The third-order valence-electron chi connectivity index (χ3n) is 7.98. The van der Waals surface area contributed by atoms with Gasteiger partial charge in [-0.05, 0) is 67.2 Å². The van der Waals surface area contributed by atoms with Crippen molar-refractivity contribution in [3.05, 3.63) is 94.6 Å². The summed E-state index contributed by atoms with van der Waals surface area (Å²) in [5.74, 6) is 0.617. The number of oxazole rings is 1. The number of anilines is 2. The predicted octanol–water partition coefficient (Wildman–Crippen LogP) is 7.28. The fourth-order valence-electron chi connectivity index (χ4n) is 5.81. The van der Waals surface area contributed by atoms with E-state index in [2.05, 4.69) is 11.8 Å². The van der Waals surface area contributed by atoms with Crippen molar-refractivity contribution in [3.8, 4) is 11.1 Å². The van der Waals surface area contributed by atoms with Crippen molar-refractivity contribution in [2.45, 2.75) is 45.6 Å². The first-order valence-corrected chi connectivity index (χ1v) is 19.6. The second kappa shape index (κ2) is 15.4. The van der Waals surface area contributed by atoms with Crippen molar-refractivity contribution in [2.75, 3.05) is 34.4 Å². The van der Waals surface area contributed by atoms with E-state index in [-0.39, 0.29) is 18.6 Å². The molecule has 0 bridgehead atoms. The van der Waals surface area contributed by atoms with Gasteiger partial charge in [-0.2, -0.15) is 13.0 Å². The van der Waals surface area contributed by atoms with Crippen LogP contribution in [0.4, 0.5) is 11.4 Å². The summed E-state index contributed by atoms with van der Waals surface area (Å²) in [7, 11) is -8.39. The Balaban J connectivity index is 1.51. The number of nitrogens with zero attached hydrogens (tertiary/aromatic N) is 3. The smallest absolute Gasteiger partial charge is 0.374 e. The van der Waals surface area contributed by atoms with Gasteiger partial charge in [-0.3, -0.25) is 4.55 Å². The van der Waals surface area contributed by atoms with Crippen LogP contribution in [0, 0.1) is 0 Å². The molecule has 14 heteroatoms. The van der Waals surface area contributed by atoms with Gasteiger partial charge in [-0.15, -0.1) is 0 Å². The Labute approximate surface area is 291 Å². The maximum atomic E-state index is 11.3. The minimum absolute atomic E-state index is 0.220. The molecule has 256 valence electrons. The topological polar surface area (TPSA) is 135 Å². The molecule has 1 aliphatic heterocycles. The largest absolute Gasteiger partial charge is 0.748 e. The van der Waals surface area contributed by atoms with Gasteiger partial charge in [0.1, 0.15) is 5.82 Å². The lowest BCUT2D eigenvalue weighted by Gasteiger charge is -2.25. The van der Waals surface area contributed by atoms with Crippen LogP contribution in [0.15, 0.2) is 83.1 Å². The number of hydrogen-bond acceptors (Lipinski definition) is 8. The molecular formula is C34H37Cl2N3O7S2. The molecule has 5 rings (SSSR count). The summed E-state index contributed by atoms with van der Waals surface area (Å²) in [6.07, 6.45) is 7.93. The highest BCUT2D eigenvalue weighted by Gasteiger charge is 2.31. The maximum absolute atomic E-state index is 11.3. The molecule has 1 aliphatic rings. The van der Waals surface area contributed by atoms with Gasteiger partial charge in [-0.25, -0.2) is 8.42 Å². The Kier molecular flexibility index (Phi) is 11.5. The van der Waals surface area contributed by atoms with Crippen LogP contribution < -0.4 is 14.4 Å². The highest BCUT2D eigenvalue weighted by Crippen LogP contribution is 2.46. The van der Waals surface area contributed by atoms with E-state index in [1.54, 1.807) is 6.07 Å². The average molecular weight is 735 g/mol. The summed E-state index contributed by atoms with van der Waals surface area (Å²) in [4.78, 5) is 4.17. The molecule has 0 saturated heterocycles. The summed E-state index contributed by atoms with van der Waals surface area (Å²) in [6, 6.07) is 19.5. The van der Waals surface area contributed by atoms with Gasteiger partial charge in [0.15, 0.2) is 6.54 Å². The number of aryl methyl sites for hydroxylation is 1. The molecule has 0 aliphatic carbocycles. The first-order valence-electron chi connectivity index (χ1n) is 15.7. The van der Waals surface area contributed by atoms with Crippen LogP contribution in [0.2, 0.25) is 10.0 Å². The number of rotatable bonds is 15. The fourth-order valence-corrected chi connectivity index (χ4v) is 7.25. The average Bonchev–Trinajstić information content (AvgIpc) is 3.51. The quantitative estimate of drug-likeness (QED) is 0.0760. The standard InChI is InChI=1S/C34H37Cl2N3O7S2/c1-2-17-37-29-23-27(35)28(36)24-30(29)38(18-6-8-20-47(40,41)42)33(37)13-10-14-34-39(19-7-9-21-48(43,44)45)31-22-26(15-16-32(31)46-34)25-11-4-3-5-12-25/h3-5,10-16,22-24H,2,6-9,17-21H2,1H3,(H-,40,41,42,43,44,45). The number of fused-ring (bicyclic) bond motifs is 2. The number of hydrogen-bond donors (Lipinski definition) is 1. The van der Waals surface area contributed by atoms with Crippen molar-refractivity contribution in [1.82, 2.24) is 0 Å². The molecule has 0 atom stereocenters. The second-order valence-corrected chi connectivity index (χ2v) is 15.5. The Bertz CT molecular complexity index is 2050. The maximum Gasteiger partial charge on any atom is 0.374 e. The second-order valence-electron chi connectivity index (χ2n) is 11.5. The van der Waals surface area contributed by atoms with Gasteiger partial charge >= 0.3 is 5.89 Å². The van der Waals surface area contributed by atoms with Gasteiger partial charge in [0, 0.05) is 31.3 Å². The van der Waals surface area contributed by atoms with E-state index in [9.17, 15) is 25.9 Å². The van der Waals surface area contributed by atoms with E-state index in [0.29, 0.717) is 54.0 Å². The molecule has 10 nitrogen and oxygen atoms in total. The lowest BCUT2D eigenvalue weighted by Crippen LogP contribution is -2.35. The Morgan fingerprint density at radius 3 is 2.17 bits per heavy atom. The lowest BCUT2D eigenvalue weighted by molar-refractivity contribution is -0.678. The molecular weight excluding hydrogens is 697 g/mol. The lowest BCUT2D eigenvalue weighted by atomic mass is 10.1. The van der Waals surface area contributed by atoms with Crippen LogP contribution in [0.3, 0.4) is 0 Å². The van der Waals surface area contributed by atoms with Crippen LogP contribution in [0.25, 0.3) is 28.3 Å². The van der Waals surface area contributed by atoms with Gasteiger partial charge in [0.05, 0.1) is 43.4 Å². The predicted molar refractivity (Wildman–Crippen MR) is 190 cm³/mol. The van der Waals surface area contributed by atoms with E-state index >= 15 is 0 Å². The highest BCUT2D eigenvalue weighted by atomic mass is 35.5. The zero-order chi connectivity index (χ0) is 34.5. The molecule has 2 heterocycles. The van der Waals surface area contributed by atoms with Crippen LogP contribution in [0.1, 0.15) is 44.9 Å². The van der Waals surface area contributed by atoms with E-state index < -0.39 is 26.0 Å². The SMILES string of the molecule is CCCN1C(=CC=Cc2oc3ccc(-c4ccccc4)cc3[n+]2CCCCS(=O)(=O)O)N(CCCCS(=O)(=O)[O-])c2cc(Cl)c(Cl)cc21. The Hall–Kier alpha value is -3.39. The van der Waals surface area contributed by atoms with Crippen molar-refractivity contribution in [1.29, 1.82) is 0 Å². The molecule has 0 spiro atoms. The van der Waals surface area contributed by atoms with Crippen molar-refractivity contribution < 1.29 is 34.9 Å². The van der Waals surface area contributed by atoms with Gasteiger partial charge < -0.3 is 18.8 Å². The van der Waals surface area contributed by atoms with Gasteiger partial charge in [-0.1, -0.05) is 66.5 Å². The minimum atomic E-state index is -4.32. The van der Waals surface area contributed by atoms with E-state index in [0.717, 1.165) is 40.3 Å². The molecule has 0 unspecified atom stereocenters. The van der Waals surface area contributed by atoms with Crippen molar-refractivity contribution in [3.63, 3.8) is 0 Å². The molecule has 4 aromatic rings. The Morgan fingerprint density at radius 2 is 1.52 bits per heavy atom. The molecule has 48 heavy (non-hydrogen) atoms. The molecule has 1 N–H and O–H groups in total. The zero-order valence-electron chi connectivity index (χ0n) is 26.4. The fraction of sp³-hybridized carbons (Fsp3) is 0.324. The van der Waals surface area contributed by atoms with Crippen LogP contribution in [0.5, 0.6) is 0 Å². The summed E-state index contributed by atoms with van der Waals surface area (Å²) in [6.45, 7) is 3.64. The van der Waals surface area contributed by atoms with Crippen molar-refractivity contribution in [2.24, 2.45) is 0 Å². The normalized spacial score (nSPS) is 14.6. The third-order valence-corrected chi connectivity index (χ3v) is 10.3. The van der Waals surface area contributed by atoms with Gasteiger partial charge in [0.25, 0.3) is 15.6 Å². The third kappa shape index (κ3) is 8.99. The molecule has 0 radical (unpaired) electrons. The monoisotopic (exact) mass is 733 g/mol. The first-order chi connectivity index (χ1) is 22.8. The molecule has 0 saturated carbocycles. The zero-order valence-corrected chi connectivity index (χ0v) is 29.5. The van der Waals surface area contributed by atoms with Crippen LogP contribution in [-0.4, -0.2) is 50.5 Å². The minimum Gasteiger partial charge on any atom is -0.748 e. The summed E-state index contributed by atoms with van der Waals surface area (Å²) in [5.41, 5.74) is 5.25. The summed E-state index contributed by atoms with van der Waals surface area (Å²) >= 11 is 12.8. The first kappa shape index (κ1) is 35.9. The Morgan fingerprint density at radius 1 is 0.854 bits per heavy atom. The molecule has 0 fully saturated rings. The van der Waals surface area contributed by atoms with E-state index in [1.807, 2.05) is 82.3 Å². The van der Waals surface area contributed by atoms with Crippen molar-refractivity contribution >= 4 is 72.0 Å². The summed E-state index contributed by atoms with van der Waals surface area (Å²) in [5, 5.41) is 0.806. The van der Waals surface area contributed by atoms with E-state index in [4.69, 9.17) is 27.6 Å². The summed E-state index contributed by atoms with van der Waals surface area (Å²) < 4.78 is 73.8. The molecule has 3 aromatic carbocycles. The number of aromatic nitrogens is 1. The van der Waals surface area contributed by atoms with Crippen LogP contribution in [-0.2, 0) is 26.8 Å². The molecule has 1 aromatic heterocycles. The number of allylic oxidation sites excluding steroid dienone is 2. The van der Waals surface area contributed by atoms with Gasteiger partial charge in [0.2, 0.25) is 5.58 Å². The molecule has 0 amide bonds. The number of benzene rings is 3. The van der Waals surface area contributed by atoms with E-state index in [1.165, 1.54) is 0 Å². The number of halogens is 2. The highest BCUT2D eigenvalue weighted by molar-refractivity contribution is 7.85. The number of unbranched alkanes of at least 4 members (excludes halogenated alkanes) is 2.